The number of carbonyl (C=O) groups excluding carboxylic acids is 2. The molecule has 1 rings (SSSR count). The van der Waals surface area contributed by atoms with E-state index in [0.717, 1.165) is 0 Å². The molecule has 0 fully saturated rings. The SMILES string of the molecule is COC(=O)c1cc(C(O)C(O)CNC(=O)OC(C)(C)C)cc(N)c1C. The Morgan fingerprint density at radius 3 is 2.40 bits per heavy atom. The second-order valence-corrected chi connectivity index (χ2v) is 6.67. The summed E-state index contributed by atoms with van der Waals surface area (Å²) in [5.74, 6) is -0.598. The molecule has 8 heteroatoms. The minimum absolute atomic E-state index is 0.198. The number of methoxy groups -OCH3 is 1. The van der Waals surface area contributed by atoms with E-state index in [0.29, 0.717) is 5.56 Å². The number of anilines is 1. The summed E-state index contributed by atoms with van der Waals surface area (Å²) in [5.41, 5.74) is 6.42. The van der Waals surface area contributed by atoms with Crippen molar-refractivity contribution in [1.82, 2.24) is 5.32 Å². The molecule has 0 saturated heterocycles. The summed E-state index contributed by atoms with van der Waals surface area (Å²) in [5, 5.41) is 22.7. The molecule has 0 aromatic heterocycles. The van der Waals surface area contributed by atoms with Crippen LogP contribution in [-0.2, 0) is 9.47 Å². The predicted molar refractivity (Wildman–Crippen MR) is 92.1 cm³/mol. The summed E-state index contributed by atoms with van der Waals surface area (Å²) in [6, 6.07) is 2.86. The molecule has 0 aliphatic rings. The number of nitrogen functional groups attached to an aromatic ring is 1. The molecule has 0 saturated carbocycles. The Morgan fingerprint density at radius 2 is 1.88 bits per heavy atom. The van der Waals surface area contributed by atoms with Crippen molar-refractivity contribution in [3.8, 4) is 0 Å². The number of hydrogen-bond acceptors (Lipinski definition) is 7. The van der Waals surface area contributed by atoms with Crippen LogP contribution in [0, 0.1) is 6.92 Å². The maximum absolute atomic E-state index is 11.8. The zero-order valence-corrected chi connectivity index (χ0v) is 15.1. The lowest BCUT2D eigenvalue weighted by molar-refractivity contribution is 0.0129. The van der Waals surface area contributed by atoms with E-state index in [9.17, 15) is 19.8 Å². The molecular formula is C17H26N2O6. The number of aliphatic hydroxyl groups is 2. The number of alkyl carbamates (subject to hydrolysis) is 1. The lowest BCUT2D eigenvalue weighted by Crippen LogP contribution is -2.38. The Bertz CT molecular complexity index is 639. The maximum Gasteiger partial charge on any atom is 0.407 e. The van der Waals surface area contributed by atoms with Gasteiger partial charge in [-0.25, -0.2) is 9.59 Å². The van der Waals surface area contributed by atoms with Gasteiger partial charge in [0.25, 0.3) is 0 Å². The molecule has 2 atom stereocenters. The minimum atomic E-state index is -1.36. The number of nitrogens with one attached hydrogen (secondary N) is 1. The molecule has 25 heavy (non-hydrogen) atoms. The van der Waals surface area contributed by atoms with E-state index in [1.54, 1.807) is 27.7 Å². The Labute approximate surface area is 146 Å². The van der Waals surface area contributed by atoms with Crippen molar-refractivity contribution in [2.24, 2.45) is 0 Å². The second kappa shape index (κ2) is 8.17. The normalized spacial score (nSPS) is 13.7. The van der Waals surface area contributed by atoms with Crippen LogP contribution in [0.25, 0.3) is 0 Å². The van der Waals surface area contributed by atoms with Gasteiger partial charge in [0.05, 0.1) is 12.7 Å². The van der Waals surface area contributed by atoms with Crippen LogP contribution in [0.5, 0.6) is 0 Å². The van der Waals surface area contributed by atoms with Gasteiger partial charge in [-0.05, 0) is 51.0 Å². The van der Waals surface area contributed by atoms with E-state index in [2.05, 4.69) is 10.1 Å². The highest BCUT2D eigenvalue weighted by Crippen LogP contribution is 2.25. The summed E-state index contributed by atoms with van der Waals surface area (Å²) >= 11 is 0. The van der Waals surface area contributed by atoms with Gasteiger partial charge in [0, 0.05) is 12.2 Å². The minimum Gasteiger partial charge on any atom is -0.465 e. The number of aliphatic hydroxyl groups excluding tert-OH is 2. The third kappa shape index (κ3) is 5.91. The van der Waals surface area contributed by atoms with Crippen LogP contribution >= 0.6 is 0 Å². The van der Waals surface area contributed by atoms with Gasteiger partial charge in [-0.1, -0.05) is 0 Å². The Kier molecular flexibility index (Phi) is 6.78. The number of benzene rings is 1. The average molecular weight is 354 g/mol. The number of carbonyl (C=O) groups is 2. The van der Waals surface area contributed by atoms with Crippen LogP contribution in [0.2, 0.25) is 0 Å². The van der Waals surface area contributed by atoms with Gasteiger partial charge < -0.3 is 30.7 Å². The van der Waals surface area contributed by atoms with Crippen molar-refractivity contribution in [2.75, 3.05) is 19.4 Å². The van der Waals surface area contributed by atoms with Crippen molar-refractivity contribution >= 4 is 17.7 Å². The number of rotatable bonds is 5. The van der Waals surface area contributed by atoms with E-state index in [1.807, 2.05) is 0 Å². The monoisotopic (exact) mass is 354 g/mol. The first-order valence-electron chi connectivity index (χ1n) is 7.77. The van der Waals surface area contributed by atoms with Crippen LogP contribution in [0.4, 0.5) is 10.5 Å². The molecule has 0 spiro atoms. The average Bonchev–Trinajstić information content (AvgIpc) is 2.51. The van der Waals surface area contributed by atoms with Gasteiger partial charge in [-0.15, -0.1) is 0 Å². The highest BCUT2D eigenvalue weighted by atomic mass is 16.6. The Hall–Kier alpha value is -2.32. The van der Waals surface area contributed by atoms with Crippen LogP contribution in [0.1, 0.15) is 48.4 Å². The van der Waals surface area contributed by atoms with Gasteiger partial charge in [-0.2, -0.15) is 0 Å². The summed E-state index contributed by atoms with van der Waals surface area (Å²) in [6.45, 7) is 6.54. The molecule has 0 heterocycles. The molecular weight excluding hydrogens is 328 g/mol. The highest BCUT2D eigenvalue weighted by molar-refractivity contribution is 5.92. The molecule has 1 amide bonds. The summed E-state index contributed by atoms with van der Waals surface area (Å²) < 4.78 is 9.73. The highest BCUT2D eigenvalue weighted by Gasteiger charge is 2.24. The first-order valence-corrected chi connectivity index (χ1v) is 7.77. The van der Waals surface area contributed by atoms with Crippen LogP contribution < -0.4 is 11.1 Å². The van der Waals surface area contributed by atoms with E-state index < -0.39 is 29.9 Å². The topological polar surface area (TPSA) is 131 Å². The maximum atomic E-state index is 11.8. The van der Waals surface area contributed by atoms with Crippen molar-refractivity contribution < 1.29 is 29.3 Å². The Morgan fingerprint density at radius 1 is 1.28 bits per heavy atom. The molecule has 1 aromatic carbocycles. The standard InChI is InChI=1S/C17H26N2O6/c1-9-11(15(22)24-5)6-10(7-12(9)18)14(21)13(20)8-19-16(23)25-17(2,3)4/h6-7,13-14,20-21H,8,18H2,1-5H3,(H,19,23). The molecule has 5 N–H and O–H groups in total. The first kappa shape index (κ1) is 20.7. The molecule has 0 bridgehead atoms. The predicted octanol–water partition coefficient (Wildman–Crippen LogP) is 1.28. The van der Waals surface area contributed by atoms with E-state index in [-0.39, 0.29) is 23.4 Å². The molecule has 8 nitrogen and oxygen atoms in total. The van der Waals surface area contributed by atoms with Crippen molar-refractivity contribution in [3.63, 3.8) is 0 Å². The third-order valence-electron chi connectivity index (χ3n) is 3.44. The van der Waals surface area contributed by atoms with Gasteiger partial charge in [-0.3, -0.25) is 0 Å². The number of amides is 1. The smallest absolute Gasteiger partial charge is 0.407 e. The molecule has 0 aliphatic carbocycles. The lowest BCUT2D eigenvalue weighted by atomic mass is 9.97. The quantitative estimate of drug-likeness (QED) is 0.463. The van der Waals surface area contributed by atoms with Crippen molar-refractivity contribution in [1.29, 1.82) is 0 Å². The molecule has 0 radical (unpaired) electrons. The van der Waals surface area contributed by atoms with E-state index >= 15 is 0 Å². The summed E-state index contributed by atoms with van der Waals surface area (Å²) in [4.78, 5) is 23.4. The summed E-state index contributed by atoms with van der Waals surface area (Å²) in [7, 11) is 1.24. The molecule has 2 unspecified atom stereocenters. The fourth-order valence-corrected chi connectivity index (χ4v) is 2.09. The number of esters is 1. The zero-order chi connectivity index (χ0) is 19.4. The Balaban J connectivity index is 2.85. The first-order chi connectivity index (χ1) is 11.5. The van der Waals surface area contributed by atoms with E-state index in [4.69, 9.17) is 10.5 Å². The van der Waals surface area contributed by atoms with E-state index in [1.165, 1.54) is 19.2 Å². The van der Waals surface area contributed by atoms with Crippen molar-refractivity contribution in [2.45, 2.75) is 45.5 Å². The number of nitrogens with two attached hydrogens (primary N) is 1. The van der Waals surface area contributed by atoms with Gasteiger partial charge in [0.2, 0.25) is 0 Å². The second-order valence-electron chi connectivity index (χ2n) is 6.67. The van der Waals surface area contributed by atoms with Gasteiger partial charge >= 0.3 is 12.1 Å². The van der Waals surface area contributed by atoms with Crippen LogP contribution in [0.3, 0.4) is 0 Å². The van der Waals surface area contributed by atoms with Gasteiger partial charge in [0.15, 0.2) is 0 Å². The fourth-order valence-electron chi connectivity index (χ4n) is 2.09. The fraction of sp³-hybridized carbons (Fsp3) is 0.529. The number of ether oxygens (including phenoxy) is 2. The molecule has 1 aromatic rings. The van der Waals surface area contributed by atoms with Crippen molar-refractivity contribution in [3.05, 3.63) is 28.8 Å². The largest absolute Gasteiger partial charge is 0.465 e. The molecule has 140 valence electrons. The zero-order valence-electron chi connectivity index (χ0n) is 15.1. The lowest BCUT2D eigenvalue weighted by Gasteiger charge is -2.23. The van der Waals surface area contributed by atoms with Crippen LogP contribution in [-0.4, -0.2) is 47.6 Å². The number of hydrogen-bond donors (Lipinski definition) is 4. The van der Waals surface area contributed by atoms with Crippen LogP contribution in [0.15, 0.2) is 12.1 Å². The third-order valence-corrected chi connectivity index (χ3v) is 3.44. The molecule has 0 aliphatic heterocycles. The summed E-state index contributed by atoms with van der Waals surface area (Å²) in [6.07, 6.45) is -3.39. The van der Waals surface area contributed by atoms with Gasteiger partial charge in [0.1, 0.15) is 17.8 Å².